The molecule has 4 rings (SSSR count). The van der Waals surface area contributed by atoms with E-state index in [9.17, 15) is 9.59 Å². The molecule has 2 aromatic heterocycles. The predicted octanol–water partition coefficient (Wildman–Crippen LogP) is 5.25. The molecule has 0 fully saturated rings. The number of benzene rings is 2. The Morgan fingerprint density at radius 1 is 1.12 bits per heavy atom. The number of nitrogens with zero attached hydrogens (tertiary/aromatic N) is 2. The van der Waals surface area contributed by atoms with Crippen molar-refractivity contribution in [3.05, 3.63) is 70.2 Å². The number of hydrogen-bond acceptors (Lipinski definition) is 7. The highest BCUT2D eigenvalue weighted by molar-refractivity contribution is 7.22. The van der Waals surface area contributed by atoms with E-state index in [1.54, 1.807) is 29.5 Å². The molecule has 0 radical (unpaired) electrons. The maximum atomic E-state index is 12.4. The van der Waals surface area contributed by atoms with Crippen molar-refractivity contribution in [1.82, 2.24) is 9.97 Å². The van der Waals surface area contributed by atoms with E-state index in [0.717, 1.165) is 26.5 Å². The Kier molecular flexibility index (Phi) is 6.58. The number of aryl methyl sites for hydroxylation is 1. The summed E-state index contributed by atoms with van der Waals surface area (Å²) in [6.45, 7) is 3.77. The van der Waals surface area contributed by atoms with Gasteiger partial charge < -0.3 is 15.4 Å². The number of amides is 2. The molecule has 0 aliphatic heterocycles. The van der Waals surface area contributed by atoms with Gasteiger partial charge in [0.05, 0.1) is 20.9 Å². The van der Waals surface area contributed by atoms with E-state index in [0.29, 0.717) is 23.2 Å². The van der Waals surface area contributed by atoms with Gasteiger partial charge >= 0.3 is 0 Å². The lowest BCUT2D eigenvalue weighted by Crippen LogP contribution is -2.07. The van der Waals surface area contributed by atoms with Crippen LogP contribution in [0.15, 0.2) is 53.9 Å². The van der Waals surface area contributed by atoms with Gasteiger partial charge in [0.15, 0.2) is 5.13 Å². The molecular weight excluding hydrogens is 444 g/mol. The molecule has 2 N–H and O–H groups in total. The van der Waals surface area contributed by atoms with Crippen molar-refractivity contribution in [2.24, 2.45) is 0 Å². The van der Waals surface area contributed by atoms with Crippen LogP contribution in [0.1, 0.15) is 23.2 Å². The Morgan fingerprint density at radius 2 is 1.97 bits per heavy atom. The lowest BCUT2D eigenvalue weighted by molar-refractivity contribution is -0.114. The number of carbonyl (C=O) groups excluding carboxylic acids is 2. The largest absolute Gasteiger partial charge is 0.487 e. The smallest absolute Gasteiger partial charge is 0.248 e. The number of nitrogens with one attached hydrogen (secondary N) is 2. The minimum atomic E-state index is -0.263. The zero-order valence-corrected chi connectivity index (χ0v) is 19.0. The van der Waals surface area contributed by atoms with Gasteiger partial charge in [-0.3, -0.25) is 9.59 Å². The first-order valence-electron chi connectivity index (χ1n) is 9.76. The molecule has 0 saturated carbocycles. The summed E-state index contributed by atoms with van der Waals surface area (Å²) in [6.07, 6.45) is 3.19. The van der Waals surface area contributed by atoms with Crippen LogP contribution >= 0.6 is 22.7 Å². The van der Waals surface area contributed by atoms with Gasteiger partial charge in [-0.05, 0) is 37.3 Å². The fourth-order valence-electron chi connectivity index (χ4n) is 2.93. The van der Waals surface area contributed by atoms with Gasteiger partial charge in [-0.2, -0.15) is 0 Å². The molecule has 0 aliphatic carbocycles. The summed E-state index contributed by atoms with van der Waals surface area (Å²) < 4.78 is 6.76. The number of thiazole rings is 2. The third-order valence-corrected chi connectivity index (χ3v) is 6.07. The number of hydrogen-bond donors (Lipinski definition) is 2. The van der Waals surface area contributed by atoms with Gasteiger partial charge in [0, 0.05) is 29.6 Å². The molecule has 162 valence electrons. The van der Waals surface area contributed by atoms with Crippen molar-refractivity contribution in [1.29, 1.82) is 0 Å². The van der Waals surface area contributed by atoms with Crippen LogP contribution in [0.2, 0.25) is 0 Å². The van der Waals surface area contributed by atoms with Gasteiger partial charge in [0.2, 0.25) is 11.8 Å². The first kappa shape index (κ1) is 21.7. The first-order valence-corrected chi connectivity index (χ1v) is 11.5. The highest BCUT2D eigenvalue weighted by Crippen LogP contribution is 2.28. The molecule has 0 spiro atoms. The summed E-state index contributed by atoms with van der Waals surface area (Å²) in [7, 11) is 0. The molecule has 2 heterocycles. The Balaban J connectivity index is 1.41. The minimum Gasteiger partial charge on any atom is -0.487 e. The Morgan fingerprint density at radius 3 is 2.75 bits per heavy atom. The van der Waals surface area contributed by atoms with Gasteiger partial charge in [-0.1, -0.05) is 29.5 Å². The zero-order chi connectivity index (χ0) is 22.5. The molecular formula is C23H20N4O3S2. The Labute approximate surface area is 192 Å². The minimum absolute atomic E-state index is 0.173. The van der Waals surface area contributed by atoms with E-state index in [1.807, 2.05) is 42.6 Å². The van der Waals surface area contributed by atoms with Crippen LogP contribution in [0, 0.1) is 6.92 Å². The van der Waals surface area contributed by atoms with Gasteiger partial charge in [-0.25, -0.2) is 9.97 Å². The third kappa shape index (κ3) is 5.57. The zero-order valence-electron chi connectivity index (χ0n) is 17.4. The van der Waals surface area contributed by atoms with Gasteiger partial charge in [0.25, 0.3) is 0 Å². The topological polar surface area (TPSA) is 93.2 Å². The number of anilines is 2. The highest BCUT2D eigenvalue weighted by atomic mass is 32.1. The van der Waals surface area contributed by atoms with Crippen molar-refractivity contribution in [2.45, 2.75) is 20.5 Å². The maximum Gasteiger partial charge on any atom is 0.248 e. The van der Waals surface area contributed by atoms with Crippen LogP contribution < -0.4 is 15.4 Å². The maximum absolute atomic E-state index is 12.4. The van der Waals surface area contributed by atoms with E-state index in [2.05, 4.69) is 20.6 Å². The highest BCUT2D eigenvalue weighted by Gasteiger charge is 2.08. The molecule has 0 atom stereocenters. The molecule has 7 nitrogen and oxygen atoms in total. The SMILES string of the molecule is CC(=O)Nc1nc2ccc(NC(=O)/C=C/c3ccccc3OCc3csc(C)n3)cc2s1. The molecule has 32 heavy (non-hydrogen) atoms. The summed E-state index contributed by atoms with van der Waals surface area (Å²) in [4.78, 5) is 32.4. The number of ether oxygens (including phenoxy) is 1. The van der Waals surface area contributed by atoms with Crippen LogP contribution in [0.25, 0.3) is 16.3 Å². The van der Waals surface area contributed by atoms with Gasteiger partial charge in [-0.15, -0.1) is 11.3 Å². The van der Waals surface area contributed by atoms with Crippen molar-refractivity contribution in [3.63, 3.8) is 0 Å². The summed E-state index contributed by atoms with van der Waals surface area (Å²) >= 11 is 2.93. The molecule has 0 saturated heterocycles. The molecule has 0 bridgehead atoms. The molecule has 0 aliphatic rings. The number of aromatic nitrogens is 2. The van der Waals surface area contributed by atoms with E-state index in [-0.39, 0.29) is 11.8 Å². The molecule has 4 aromatic rings. The average Bonchev–Trinajstić information content (AvgIpc) is 3.35. The Bertz CT molecular complexity index is 1310. The van der Waals surface area contributed by atoms with Crippen LogP contribution in [0.3, 0.4) is 0 Å². The number of rotatable bonds is 7. The Hall–Kier alpha value is -3.56. The molecule has 2 aromatic carbocycles. The fourth-order valence-corrected chi connectivity index (χ4v) is 4.48. The van der Waals surface area contributed by atoms with Crippen LogP contribution in [0.4, 0.5) is 10.8 Å². The lowest BCUT2D eigenvalue weighted by atomic mass is 10.2. The standard InChI is InChI=1S/C23H20N4O3S2/c1-14(28)24-23-27-19-9-8-17(11-21(19)32-23)26-22(29)10-7-16-5-3-4-6-20(16)30-12-18-13-31-15(2)25-18/h3-11,13H,12H2,1-2H3,(H,26,29)(H,24,27,28)/b10-7+. The monoisotopic (exact) mass is 464 g/mol. The average molecular weight is 465 g/mol. The second-order valence-corrected chi connectivity index (χ2v) is 8.98. The normalized spacial score (nSPS) is 11.1. The van der Waals surface area contributed by atoms with E-state index in [4.69, 9.17) is 4.74 Å². The molecule has 0 unspecified atom stereocenters. The summed E-state index contributed by atoms with van der Waals surface area (Å²) in [5.41, 5.74) is 3.08. The molecule has 2 amide bonds. The summed E-state index contributed by atoms with van der Waals surface area (Å²) in [5, 5.41) is 9.02. The molecule has 9 heteroatoms. The van der Waals surface area contributed by atoms with Crippen molar-refractivity contribution >= 4 is 61.6 Å². The summed E-state index contributed by atoms with van der Waals surface area (Å²) in [5.74, 6) is 0.244. The fraction of sp³-hybridized carbons (Fsp3) is 0.130. The van der Waals surface area contributed by atoms with Crippen molar-refractivity contribution in [2.75, 3.05) is 10.6 Å². The quantitative estimate of drug-likeness (QED) is 0.364. The lowest BCUT2D eigenvalue weighted by Gasteiger charge is -2.08. The van der Waals surface area contributed by atoms with Crippen molar-refractivity contribution < 1.29 is 14.3 Å². The van der Waals surface area contributed by atoms with E-state index >= 15 is 0 Å². The van der Waals surface area contributed by atoms with Crippen molar-refractivity contribution in [3.8, 4) is 5.75 Å². The van der Waals surface area contributed by atoms with Crippen LogP contribution in [-0.2, 0) is 16.2 Å². The second-order valence-electron chi connectivity index (χ2n) is 6.89. The second kappa shape index (κ2) is 9.71. The third-order valence-electron chi connectivity index (χ3n) is 4.31. The first-order chi connectivity index (χ1) is 15.5. The van der Waals surface area contributed by atoms with E-state index < -0.39 is 0 Å². The van der Waals surface area contributed by atoms with Crippen LogP contribution in [0.5, 0.6) is 5.75 Å². The summed E-state index contributed by atoms with van der Waals surface area (Å²) in [6, 6.07) is 12.9. The number of fused-ring (bicyclic) bond motifs is 1. The number of para-hydroxylation sites is 1. The van der Waals surface area contributed by atoms with Crippen LogP contribution in [-0.4, -0.2) is 21.8 Å². The van der Waals surface area contributed by atoms with Gasteiger partial charge in [0.1, 0.15) is 12.4 Å². The van der Waals surface area contributed by atoms with E-state index in [1.165, 1.54) is 24.3 Å². The predicted molar refractivity (Wildman–Crippen MR) is 129 cm³/mol. The number of carbonyl (C=O) groups is 2.